The molecule has 0 saturated carbocycles. The zero-order chi connectivity index (χ0) is 12.6. The van der Waals surface area contributed by atoms with E-state index < -0.39 is 0 Å². The third-order valence-corrected chi connectivity index (χ3v) is 3.47. The summed E-state index contributed by atoms with van der Waals surface area (Å²) < 4.78 is 6.87. The summed E-state index contributed by atoms with van der Waals surface area (Å²) in [4.78, 5) is 13.6. The van der Waals surface area contributed by atoms with Crippen molar-refractivity contribution in [1.82, 2.24) is 0 Å². The highest BCUT2D eigenvalue weighted by Gasteiger charge is 2.26. The van der Waals surface area contributed by atoms with Gasteiger partial charge in [-0.3, -0.25) is 4.79 Å². The molecule has 0 saturated heterocycles. The molecular formula is C13H16BrNO2. The molecule has 4 heteroatoms. The van der Waals surface area contributed by atoms with Gasteiger partial charge in [-0.15, -0.1) is 0 Å². The van der Waals surface area contributed by atoms with Gasteiger partial charge in [-0.2, -0.15) is 0 Å². The topological polar surface area (TPSA) is 29.5 Å². The van der Waals surface area contributed by atoms with Gasteiger partial charge in [0.25, 0.3) is 0 Å². The SMILES string of the molecule is CCc1cc(Br)cc2c1OC(C)CC(=O)N2C. The van der Waals surface area contributed by atoms with Crippen LogP contribution in [0.25, 0.3) is 0 Å². The van der Waals surface area contributed by atoms with E-state index in [1.165, 1.54) is 0 Å². The maximum atomic E-state index is 11.9. The van der Waals surface area contributed by atoms with Crippen LogP contribution in [0.1, 0.15) is 25.8 Å². The fourth-order valence-electron chi connectivity index (χ4n) is 2.04. The molecule has 0 aliphatic carbocycles. The summed E-state index contributed by atoms with van der Waals surface area (Å²) in [5.41, 5.74) is 1.98. The second-order valence-corrected chi connectivity index (χ2v) is 5.27. The van der Waals surface area contributed by atoms with E-state index in [9.17, 15) is 4.79 Å². The molecule has 17 heavy (non-hydrogen) atoms. The molecule has 1 aromatic carbocycles. The lowest BCUT2D eigenvalue weighted by Gasteiger charge is -2.19. The van der Waals surface area contributed by atoms with Gasteiger partial charge < -0.3 is 9.64 Å². The summed E-state index contributed by atoms with van der Waals surface area (Å²) >= 11 is 3.48. The average molecular weight is 298 g/mol. The van der Waals surface area contributed by atoms with Gasteiger partial charge in [0, 0.05) is 11.5 Å². The van der Waals surface area contributed by atoms with Crippen molar-refractivity contribution in [1.29, 1.82) is 0 Å². The fraction of sp³-hybridized carbons (Fsp3) is 0.462. The van der Waals surface area contributed by atoms with Gasteiger partial charge in [-0.1, -0.05) is 22.9 Å². The number of amides is 1. The molecule has 2 rings (SSSR count). The van der Waals surface area contributed by atoms with Crippen molar-refractivity contribution in [3.8, 4) is 5.75 Å². The minimum atomic E-state index is -0.0716. The number of anilines is 1. The van der Waals surface area contributed by atoms with E-state index in [0.717, 1.165) is 27.9 Å². The molecule has 0 aromatic heterocycles. The van der Waals surface area contributed by atoms with E-state index in [4.69, 9.17) is 4.74 Å². The molecular weight excluding hydrogens is 282 g/mol. The molecule has 0 N–H and O–H groups in total. The maximum absolute atomic E-state index is 11.9. The highest BCUT2D eigenvalue weighted by Crippen LogP contribution is 2.38. The van der Waals surface area contributed by atoms with Crippen LogP contribution in [-0.2, 0) is 11.2 Å². The number of carbonyl (C=O) groups excluding carboxylic acids is 1. The first-order valence-corrected chi connectivity index (χ1v) is 6.57. The van der Waals surface area contributed by atoms with Crippen molar-refractivity contribution < 1.29 is 9.53 Å². The minimum Gasteiger partial charge on any atom is -0.488 e. The van der Waals surface area contributed by atoms with Crippen LogP contribution in [0.5, 0.6) is 5.75 Å². The number of benzene rings is 1. The molecule has 1 unspecified atom stereocenters. The number of ether oxygens (including phenoxy) is 1. The average Bonchev–Trinajstić information content (AvgIpc) is 2.38. The molecule has 1 aliphatic rings. The van der Waals surface area contributed by atoms with E-state index >= 15 is 0 Å². The third-order valence-electron chi connectivity index (χ3n) is 3.01. The highest BCUT2D eigenvalue weighted by molar-refractivity contribution is 9.10. The molecule has 1 aliphatic heterocycles. The number of rotatable bonds is 1. The second-order valence-electron chi connectivity index (χ2n) is 4.35. The van der Waals surface area contributed by atoms with Gasteiger partial charge in [0.15, 0.2) is 0 Å². The van der Waals surface area contributed by atoms with Crippen LogP contribution >= 0.6 is 15.9 Å². The molecule has 1 aromatic rings. The number of carbonyl (C=O) groups is 1. The van der Waals surface area contributed by atoms with Gasteiger partial charge >= 0.3 is 0 Å². The Balaban J connectivity index is 2.60. The number of fused-ring (bicyclic) bond motifs is 1. The maximum Gasteiger partial charge on any atom is 0.230 e. The zero-order valence-corrected chi connectivity index (χ0v) is 11.9. The van der Waals surface area contributed by atoms with E-state index in [2.05, 4.69) is 28.9 Å². The van der Waals surface area contributed by atoms with Crippen LogP contribution in [0, 0.1) is 0 Å². The van der Waals surface area contributed by atoms with Gasteiger partial charge in [-0.25, -0.2) is 0 Å². The summed E-state index contributed by atoms with van der Waals surface area (Å²) in [7, 11) is 1.80. The quantitative estimate of drug-likeness (QED) is 0.797. The first-order chi connectivity index (χ1) is 8.02. The number of halogens is 1. The Morgan fingerprint density at radius 2 is 2.24 bits per heavy atom. The fourth-order valence-corrected chi connectivity index (χ4v) is 2.54. The molecule has 1 heterocycles. The highest BCUT2D eigenvalue weighted by atomic mass is 79.9. The van der Waals surface area contributed by atoms with Crippen LogP contribution in [0.15, 0.2) is 16.6 Å². The molecule has 3 nitrogen and oxygen atoms in total. The monoisotopic (exact) mass is 297 g/mol. The van der Waals surface area contributed by atoms with E-state index in [0.29, 0.717) is 6.42 Å². The van der Waals surface area contributed by atoms with E-state index in [1.54, 1.807) is 11.9 Å². The number of hydrogen-bond donors (Lipinski definition) is 0. The summed E-state index contributed by atoms with van der Waals surface area (Å²) in [6, 6.07) is 3.99. The standard InChI is InChI=1S/C13H16BrNO2/c1-4-9-6-10(14)7-11-13(9)17-8(2)5-12(16)15(11)3/h6-8H,4-5H2,1-3H3. The predicted molar refractivity (Wildman–Crippen MR) is 71.6 cm³/mol. The summed E-state index contributed by atoms with van der Waals surface area (Å²) in [6.07, 6.45) is 1.24. The molecule has 0 spiro atoms. The number of aryl methyl sites for hydroxylation is 1. The summed E-state index contributed by atoms with van der Waals surface area (Å²) in [5.74, 6) is 0.938. The molecule has 0 radical (unpaired) electrons. The van der Waals surface area contributed by atoms with Crippen molar-refractivity contribution in [2.45, 2.75) is 32.8 Å². The lowest BCUT2D eigenvalue weighted by atomic mass is 10.1. The van der Waals surface area contributed by atoms with Crippen LogP contribution in [0.2, 0.25) is 0 Å². The lowest BCUT2D eigenvalue weighted by molar-refractivity contribution is -0.119. The van der Waals surface area contributed by atoms with E-state index in [1.807, 2.05) is 13.0 Å². The first-order valence-electron chi connectivity index (χ1n) is 5.78. The van der Waals surface area contributed by atoms with Crippen LogP contribution < -0.4 is 9.64 Å². The molecule has 1 atom stereocenters. The Morgan fingerprint density at radius 3 is 2.88 bits per heavy atom. The summed E-state index contributed by atoms with van der Waals surface area (Å²) in [6.45, 7) is 4.02. The zero-order valence-electron chi connectivity index (χ0n) is 10.3. The smallest absolute Gasteiger partial charge is 0.230 e. The van der Waals surface area contributed by atoms with Crippen molar-refractivity contribution in [2.24, 2.45) is 0 Å². The van der Waals surface area contributed by atoms with Gasteiger partial charge in [0.05, 0.1) is 12.1 Å². The van der Waals surface area contributed by atoms with Gasteiger partial charge in [0.2, 0.25) is 5.91 Å². The Kier molecular flexibility index (Phi) is 3.43. The first kappa shape index (κ1) is 12.4. The lowest BCUT2D eigenvalue weighted by Crippen LogP contribution is -2.27. The number of nitrogens with zero attached hydrogens (tertiary/aromatic N) is 1. The van der Waals surface area contributed by atoms with Crippen molar-refractivity contribution >= 4 is 27.5 Å². The van der Waals surface area contributed by atoms with Gasteiger partial charge in [0.1, 0.15) is 11.9 Å². The second kappa shape index (κ2) is 4.69. The Bertz CT molecular complexity index is 459. The van der Waals surface area contributed by atoms with E-state index in [-0.39, 0.29) is 12.0 Å². The van der Waals surface area contributed by atoms with Crippen LogP contribution in [-0.4, -0.2) is 19.1 Å². The third kappa shape index (κ3) is 2.32. The Hall–Kier alpha value is -1.03. The van der Waals surface area contributed by atoms with Gasteiger partial charge in [-0.05, 0) is 31.0 Å². The van der Waals surface area contributed by atoms with Crippen LogP contribution in [0.4, 0.5) is 5.69 Å². The molecule has 0 bridgehead atoms. The normalized spacial score (nSPS) is 19.6. The largest absolute Gasteiger partial charge is 0.488 e. The molecule has 92 valence electrons. The minimum absolute atomic E-state index is 0.0716. The van der Waals surface area contributed by atoms with Crippen molar-refractivity contribution in [3.63, 3.8) is 0 Å². The predicted octanol–water partition coefficient (Wildman–Crippen LogP) is 3.15. The Morgan fingerprint density at radius 1 is 1.53 bits per heavy atom. The molecule has 1 amide bonds. The van der Waals surface area contributed by atoms with Crippen molar-refractivity contribution in [2.75, 3.05) is 11.9 Å². The Labute approximate surface area is 110 Å². The summed E-state index contributed by atoms with van der Waals surface area (Å²) in [5, 5.41) is 0. The van der Waals surface area contributed by atoms with Crippen LogP contribution in [0.3, 0.4) is 0 Å². The molecule has 0 fully saturated rings. The number of hydrogen-bond acceptors (Lipinski definition) is 2. The van der Waals surface area contributed by atoms with Crippen molar-refractivity contribution in [3.05, 3.63) is 22.2 Å².